The van der Waals surface area contributed by atoms with Crippen LogP contribution in [-0.4, -0.2) is 26.1 Å². The summed E-state index contributed by atoms with van der Waals surface area (Å²) in [6, 6.07) is 12.2. The van der Waals surface area contributed by atoms with Gasteiger partial charge in [0.1, 0.15) is 5.75 Å². The minimum absolute atomic E-state index is 0.258. The monoisotopic (exact) mass is 347 g/mol. The fourth-order valence-electron chi connectivity index (χ4n) is 1.97. The number of nitrogens with zero attached hydrogens (tertiary/aromatic N) is 1. The zero-order chi connectivity index (χ0) is 17.5. The lowest BCUT2D eigenvalue weighted by Gasteiger charge is -2.08. The van der Waals surface area contributed by atoms with Crippen molar-refractivity contribution in [2.24, 2.45) is 10.7 Å². The Bertz CT molecular complexity index is 745. The Hall–Kier alpha value is -2.73. The molecule has 126 valence electrons. The predicted octanol–water partition coefficient (Wildman–Crippen LogP) is 3.06. The molecule has 0 aliphatic carbocycles. The van der Waals surface area contributed by atoms with Crippen LogP contribution < -0.4 is 15.8 Å². The number of methoxy groups -OCH3 is 2. The van der Waals surface area contributed by atoms with Crippen molar-refractivity contribution in [3.63, 3.8) is 0 Å². The molecule has 0 fully saturated rings. The number of nitrogens with one attached hydrogen (secondary N) is 1. The van der Waals surface area contributed by atoms with Crippen LogP contribution in [0.5, 0.6) is 5.75 Å². The Morgan fingerprint density at radius 2 is 1.92 bits per heavy atom. The highest BCUT2D eigenvalue weighted by atomic mass is 35.5. The lowest BCUT2D eigenvalue weighted by molar-refractivity contribution is 0.0600. The second kappa shape index (κ2) is 8.21. The van der Waals surface area contributed by atoms with E-state index in [4.69, 9.17) is 22.1 Å². The summed E-state index contributed by atoms with van der Waals surface area (Å²) in [5, 5.41) is 3.44. The number of hydrogen-bond donors (Lipinski definition) is 2. The van der Waals surface area contributed by atoms with Crippen LogP contribution in [0.4, 0.5) is 5.69 Å². The summed E-state index contributed by atoms with van der Waals surface area (Å²) in [4.78, 5) is 15.6. The van der Waals surface area contributed by atoms with Crippen molar-refractivity contribution in [1.82, 2.24) is 0 Å². The summed E-state index contributed by atoms with van der Waals surface area (Å²) >= 11 is 6.05. The van der Waals surface area contributed by atoms with E-state index in [-0.39, 0.29) is 11.9 Å². The lowest BCUT2D eigenvalue weighted by Crippen LogP contribution is -2.22. The molecule has 0 aliphatic heterocycles. The van der Waals surface area contributed by atoms with Gasteiger partial charge in [0, 0.05) is 5.69 Å². The average Bonchev–Trinajstić information content (AvgIpc) is 2.60. The van der Waals surface area contributed by atoms with Crippen LogP contribution in [0, 0.1) is 0 Å². The standard InChI is InChI=1S/C17H18ClN3O3/c1-23-15-8-7-13(9-14(15)18)21-17(19)20-10-11-3-5-12(6-4-11)16(22)24-2/h3-9H,10H2,1-2H3,(H3,19,20,21). The van der Waals surface area contributed by atoms with Crippen molar-refractivity contribution in [3.8, 4) is 5.75 Å². The van der Waals surface area contributed by atoms with E-state index in [1.54, 1.807) is 49.6 Å². The van der Waals surface area contributed by atoms with Gasteiger partial charge in [-0.25, -0.2) is 9.79 Å². The number of ether oxygens (including phenoxy) is 2. The van der Waals surface area contributed by atoms with Crippen LogP contribution in [0.25, 0.3) is 0 Å². The quantitative estimate of drug-likeness (QED) is 0.493. The van der Waals surface area contributed by atoms with Gasteiger partial charge in [-0.05, 0) is 35.9 Å². The number of esters is 1. The van der Waals surface area contributed by atoms with Crippen molar-refractivity contribution in [3.05, 3.63) is 58.6 Å². The second-order valence-corrected chi connectivity index (χ2v) is 5.27. The van der Waals surface area contributed by atoms with Gasteiger partial charge in [-0.1, -0.05) is 23.7 Å². The van der Waals surface area contributed by atoms with Crippen LogP contribution in [0.15, 0.2) is 47.5 Å². The molecule has 0 heterocycles. The highest BCUT2D eigenvalue weighted by Crippen LogP contribution is 2.27. The first kappa shape index (κ1) is 17.6. The van der Waals surface area contributed by atoms with Crippen molar-refractivity contribution in [2.75, 3.05) is 19.5 Å². The fraction of sp³-hybridized carbons (Fsp3) is 0.176. The number of aliphatic imine (C=N–C) groups is 1. The molecule has 2 aromatic rings. The molecule has 3 N–H and O–H groups in total. The van der Waals surface area contributed by atoms with Gasteiger partial charge in [0.15, 0.2) is 5.96 Å². The van der Waals surface area contributed by atoms with E-state index >= 15 is 0 Å². The van der Waals surface area contributed by atoms with E-state index in [0.717, 1.165) is 5.56 Å². The van der Waals surface area contributed by atoms with Gasteiger partial charge in [0.25, 0.3) is 0 Å². The first-order valence-corrected chi connectivity index (χ1v) is 7.49. The number of halogens is 1. The molecule has 0 saturated heterocycles. The average molecular weight is 348 g/mol. The Labute approximate surface area is 145 Å². The molecule has 0 aliphatic rings. The molecule has 0 amide bonds. The molecule has 0 bridgehead atoms. The van der Waals surface area contributed by atoms with Gasteiger partial charge in [-0.3, -0.25) is 0 Å². The predicted molar refractivity (Wildman–Crippen MR) is 94.7 cm³/mol. The molecule has 7 heteroatoms. The highest BCUT2D eigenvalue weighted by Gasteiger charge is 2.05. The molecule has 0 radical (unpaired) electrons. The van der Waals surface area contributed by atoms with Gasteiger partial charge in [-0.15, -0.1) is 0 Å². The number of carbonyl (C=O) groups excluding carboxylic acids is 1. The number of nitrogens with two attached hydrogens (primary N) is 1. The number of benzene rings is 2. The van der Waals surface area contributed by atoms with Gasteiger partial charge >= 0.3 is 5.97 Å². The third kappa shape index (κ3) is 4.63. The normalized spacial score (nSPS) is 11.0. The van der Waals surface area contributed by atoms with Crippen LogP contribution in [-0.2, 0) is 11.3 Å². The minimum Gasteiger partial charge on any atom is -0.495 e. The Morgan fingerprint density at radius 1 is 1.21 bits per heavy atom. The van der Waals surface area contributed by atoms with E-state index in [1.165, 1.54) is 7.11 Å². The Kier molecular flexibility index (Phi) is 6.03. The smallest absolute Gasteiger partial charge is 0.337 e. The summed E-state index contributed by atoms with van der Waals surface area (Å²) in [5.41, 5.74) is 7.98. The zero-order valence-corrected chi connectivity index (χ0v) is 14.1. The molecule has 2 rings (SSSR count). The second-order valence-electron chi connectivity index (χ2n) is 4.86. The highest BCUT2D eigenvalue weighted by molar-refractivity contribution is 6.32. The van der Waals surface area contributed by atoms with Gasteiger partial charge < -0.3 is 20.5 Å². The topological polar surface area (TPSA) is 85.9 Å². The summed E-state index contributed by atoms with van der Waals surface area (Å²) in [6.07, 6.45) is 0. The Balaban J connectivity index is 1.98. The van der Waals surface area contributed by atoms with E-state index < -0.39 is 0 Å². The van der Waals surface area contributed by atoms with E-state index in [0.29, 0.717) is 28.6 Å². The van der Waals surface area contributed by atoms with Gasteiger partial charge in [0.2, 0.25) is 0 Å². The third-order valence-electron chi connectivity index (χ3n) is 3.23. The molecule has 6 nitrogen and oxygen atoms in total. The van der Waals surface area contributed by atoms with Gasteiger partial charge in [-0.2, -0.15) is 0 Å². The third-order valence-corrected chi connectivity index (χ3v) is 3.53. The number of rotatable bonds is 5. The molecule has 0 unspecified atom stereocenters. The molecular weight excluding hydrogens is 330 g/mol. The van der Waals surface area contributed by atoms with Crippen LogP contribution in [0.3, 0.4) is 0 Å². The molecular formula is C17H18ClN3O3. The van der Waals surface area contributed by atoms with E-state index in [9.17, 15) is 4.79 Å². The summed E-state index contributed by atoms with van der Waals surface area (Å²) in [6.45, 7) is 0.379. The number of guanidine groups is 1. The lowest BCUT2D eigenvalue weighted by atomic mass is 10.1. The van der Waals surface area contributed by atoms with Crippen molar-refractivity contribution < 1.29 is 14.3 Å². The fourth-order valence-corrected chi connectivity index (χ4v) is 2.23. The number of anilines is 1. The zero-order valence-electron chi connectivity index (χ0n) is 13.4. The van der Waals surface area contributed by atoms with Crippen LogP contribution >= 0.6 is 11.6 Å². The number of carbonyl (C=O) groups is 1. The maximum Gasteiger partial charge on any atom is 0.337 e. The minimum atomic E-state index is -0.373. The maximum absolute atomic E-state index is 11.4. The van der Waals surface area contributed by atoms with Crippen LogP contribution in [0.2, 0.25) is 5.02 Å². The molecule has 0 saturated carbocycles. The summed E-state index contributed by atoms with van der Waals surface area (Å²) in [5.74, 6) is 0.472. The Morgan fingerprint density at radius 3 is 2.50 bits per heavy atom. The van der Waals surface area contributed by atoms with E-state index in [2.05, 4.69) is 15.0 Å². The summed E-state index contributed by atoms with van der Waals surface area (Å²) < 4.78 is 9.74. The molecule has 0 atom stereocenters. The summed E-state index contributed by atoms with van der Waals surface area (Å²) in [7, 11) is 2.90. The molecule has 2 aromatic carbocycles. The molecule has 0 aromatic heterocycles. The van der Waals surface area contributed by atoms with Crippen molar-refractivity contribution in [2.45, 2.75) is 6.54 Å². The number of hydrogen-bond acceptors (Lipinski definition) is 4. The van der Waals surface area contributed by atoms with Crippen LogP contribution in [0.1, 0.15) is 15.9 Å². The SMILES string of the molecule is COC(=O)c1ccc(CN=C(N)Nc2ccc(OC)c(Cl)c2)cc1. The van der Waals surface area contributed by atoms with Crippen molar-refractivity contribution >= 4 is 29.2 Å². The van der Waals surface area contributed by atoms with Crippen molar-refractivity contribution in [1.29, 1.82) is 0 Å². The first-order valence-electron chi connectivity index (χ1n) is 7.11. The largest absolute Gasteiger partial charge is 0.495 e. The van der Waals surface area contributed by atoms with E-state index in [1.807, 2.05) is 0 Å². The molecule has 0 spiro atoms. The first-order chi connectivity index (χ1) is 11.5. The maximum atomic E-state index is 11.4. The molecule has 24 heavy (non-hydrogen) atoms. The van der Waals surface area contributed by atoms with Gasteiger partial charge in [0.05, 0.1) is 31.4 Å².